The van der Waals surface area contributed by atoms with Gasteiger partial charge in [-0.1, -0.05) is 109 Å². The SMILES string of the molecule is c1ccc2c(c1)-c1cccc3ccc4c(c13)c1c-2cccc1n4-c1cc2c(cc1-c1nc3ccccc3o1)-c1ccc3ccccc3c1C2. The molecule has 12 rings (SSSR count). The second-order valence-electron chi connectivity index (χ2n) is 13.4. The molecule has 0 bridgehead atoms. The number of nitrogens with zero attached hydrogens (tertiary/aromatic N) is 2. The van der Waals surface area contributed by atoms with Crippen molar-refractivity contribution in [2.75, 3.05) is 0 Å². The molecule has 3 nitrogen and oxygen atoms in total. The summed E-state index contributed by atoms with van der Waals surface area (Å²) in [5.41, 5.74) is 16.5. The van der Waals surface area contributed by atoms with E-state index in [1.54, 1.807) is 0 Å². The Bertz CT molecular complexity index is 3050. The Kier molecular flexibility index (Phi) is 4.77. The monoisotopic (exact) mass is 622 g/mol. The van der Waals surface area contributed by atoms with E-state index in [1.807, 2.05) is 24.3 Å². The van der Waals surface area contributed by atoms with Crippen LogP contribution in [0.25, 0.3) is 105 Å². The largest absolute Gasteiger partial charge is 0.436 e. The number of hydrogen-bond donors (Lipinski definition) is 0. The highest BCUT2D eigenvalue weighted by Gasteiger charge is 2.29. The van der Waals surface area contributed by atoms with E-state index in [0.29, 0.717) is 5.89 Å². The summed E-state index contributed by atoms with van der Waals surface area (Å²) >= 11 is 0. The fourth-order valence-electron chi connectivity index (χ4n) is 8.93. The number of hydrogen-bond acceptors (Lipinski definition) is 2. The Hall–Kier alpha value is -6.45. The van der Waals surface area contributed by atoms with E-state index in [1.165, 1.54) is 87.9 Å². The lowest BCUT2D eigenvalue weighted by atomic mass is 9.93. The van der Waals surface area contributed by atoms with Crippen LogP contribution < -0.4 is 0 Å². The van der Waals surface area contributed by atoms with Gasteiger partial charge < -0.3 is 8.98 Å². The van der Waals surface area contributed by atoms with Crippen LogP contribution in [0.15, 0.2) is 150 Å². The van der Waals surface area contributed by atoms with Gasteiger partial charge in [0.1, 0.15) is 5.52 Å². The Balaban J connectivity index is 1.24. The van der Waals surface area contributed by atoms with Crippen molar-refractivity contribution < 1.29 is 4.42 Å². The number of rotatable bonds is 2. The molecule has 0 saturated heterocycles. The van der Waals surface area contributed by atoms with E-state index in [-0.39, 0.29) is 0 Å². The second kappa shape index (κ2) is 9.12. The third kappa shape index (κ3) is 3.29. The first-order valence-corrected chi connectivity index (χ1v) is 16.9. The molecule has 0 amide bonds. The van der Waals surface area contributed by atoms with Gasteiger partial charge in [-0.05, 0) is 109 Å². The Morgan fingerprint density at radius 1 is 0.490 bits per heavy atom. The van der Waals surface area contributed by atoms with E-state index in [2.05, 4.69) is 126 Å². The molecule has 0 spiro atoms. The van der Waals surface area contributed by atoms with Crippen molar-refractivity contribution in [2.45, 2.75) is 6.42 Å². The molecule has 2 aliphatic rings. The van der Waals surface area contributed by atoms with Crippen molar-refractivity contribution >= 4 is 54.5 Å². The Labute approximate surface area is 281 Å². The number of aromatic nitrogens is 2. The number of para-hydroxylation sites is 2. The van der Waals surface area contributed by atoms with Crippen LogP contribution in [0.5, 0.6) is 0 Å². The molecule has 2 aromatic heterocycles. The molecule has 0 aliphatic heterocycles. The summed E-state index contributed by atoms with van der Waals surface area (Å²) in [5.74, 6) is 0.637. The first kappa shape index (κ1) is 25.6. The molecular formula is C46H26N2O. The molecule has 0 saturated carbocycles. The quantitative estimate of drug-likeness (QED) is 0.192. The molecule has 0 atom stereocenters. The normalized spacial score (nSPS) is 12.8. The van der Waals surface area contributed by atoms with Crippen molar-refractivity contribution in [1.82, 2.24) is 9.55 Å². The maximum atomic E-state index is 6.58. The highest BCUT2D eigenvalue weighted by atomic mass is 16.3. The maximum absolute atomic E-state index is 6.58. The van der Waals surface area contributed by atoms with Crippen LogP contribution in [-0.2, 0) is 6.42 Å². The molecule has 226 valence electrons. The summed E-state index contributed by atoms with van der Waals surface area (Å²) in [6, 6.07) is 53.1. The predicted octanol–water partition coefficient (Wildman–Crippen LogP) is 12.1. The van der Waals surface area contributed by atoms with Crippen molar-refractivity contribution in [2.24, 2.45) is 0 Å². The van der Waals surface area contributed by atoms with Gasteiger partial charge >= 0.3 is 0 Å². The summed E-state index contributed by atoms with van der Waals surface area (Å²) in [6.45, 7) is 0. The maximum Gasteiger partial charge on any atom is 0.229 e. The highest BCUT2D eigenvalue weighted by Crippen LogP contribution is 2.51. The van der Waals surface area contributed by atoms with E-state index in [9.17, 15) is 0 Å². The average Bonchev–Trinajstić information content (AvgIpc) is 3.83. The van der Waals surface area contributed by atoms with Crippen LogP contribution >= 0.6 is 0 Å². The molecule has 2 aliphatic carbocycles. The molecule has 0 radical (unpaired) electrons. The standard InChI is InChI=1S/C46H26N2O/c1-2-11-29-26(9-1)19-21-32-35-25-37(46-47-38-16-5-6-18-42(38)49-46)41(24-28(35)23-36(29)32)48-39-17-8-15-34-31-13-4-3-12-30(31)33-14-7-10-27-20-22-40(48)45(43(27)33)44(34)39/h1-22,24-25H,23H2. The van der Waals surface area contributed by atoms with Gasteiger partial charge in [0.2, 0.25) is 5.89 Å². The van der Waals surface area contributed by atoms with Crippen LogP contribution in [0.1, 0.15) is 11.1 Å². The van der Waals surface area contributed by atoms with Gasteiger partial charge in [-0.3, -0.25) is 0 Å². The van der Waals surface area contributed by atoms with Gasteiger partial charge in [0.05, 0.1) is 22.3 Å². The Morgan fingerprint density at radius 3 is 2.10 bits per heavy atom. The smallest absolute Gasteiger partial charge is 0.229 e. The van der Waals surface area contributed by atoms with E-state index in [4.69, 9.17) is 9.40 Å². The van der Waals surface area contributed by atoms with Crippen LogP contribution in [0, 0.1) is 0 Å². The molecule has 3 heteroatoms. The van der Waals surface area contributed by atoms with Gasteiger partial charge in [-0.15, -0.1) is 0 Å². The van der Waals surface area contributed by atoms with Gasteiger partial charge in [-0.25, -0.2) is 4.98 Å². The fourth-order valence-corrected chi connectivity index (χ4v) is 8.93. The van der Waals surface area contributed by atoms with Crippen LogP contribution in [-0.4, -0.2) is 9.55 Å². The lowest BCUT2D eigenvalue weighted by molar-refractivity contribution is 0.619. The van der Waals surface area contributed by atoms with Gasteiger partial charge in [0.25, 0.3) is 0 Å². The molecule has 49 heavy (non-hydrogen) atoms. The lowest BCUT2D eigenvalue weighted by Crippen LogP contribution is -2.00. The van der Waals surface area contributed by atoms with E-state index in [0.717, 1.165) is 28.8 Å². The molecular weight excluding hydrogens is 597 g/mol. The summed E-state index contributed by atoms with van der Waals surface area (Å²) in [6.07, 6.45) is 0.885. The zero-order valence-corrected chi connectivity index (χ0v) is 26.4. The number of fused-ring (bicyclic) bond motifs is 9. The van der Waals surface area contributed by atoms with E-state index >= 15 is 0 Å². The van der Waals surface area contributed by atoms with Crippen molar-refractivity contribution in [1.29, 1.82) is 0 Å². The molecule has 10 aromatic rings. The first-order valence-electron chi connectivity index (χ1n) is 16.9. The topological polar surface area (TPSA) is 31.0 Å². The van der Waals surface area contributed by atoms with E-state index < -0.39 is 0 Å². The summed E-state index contributed by atoms with van der Waals surface area (Å²) in [4.78, 5) is 5.09. The van der Waals surface area contributed by atoms with Gasteiger partial charge in [-0.2, -0.15) is 0 Å². The fraction of sp³-hybridized carbons (Fsp3) is 0.0217. The summed E-state index contributed by atoms with van der Waals surface area (Å²) < 4.78 is 9.06. The lowest BCUT2D eigenvalue weighted by Gasteiger charge is -2.16. The van der Waals surface area contributed by atoms with Gasteiger partial charge in [0.15, 0.2) is 5.58 Å². The van der Waals surface area contributed by atoms with Crippen LogP contribution in [0.4, 0.5) is 0 Å². The third-order valence-electron chi connectivity index (χ3n) is 11.0. The molecule has 8 aromatic carbocycles. The van der Waals surface area contributed by atoms with Crippen molar-refractivity contribution in [3.8, 4) is 50.5 Å². The Morgan fingerprint density at radius 2 is 1.20 bits per heavy atom. The minimum absolute atomic E-state index is 0.637. The van der Waals surface area contributed by atoms with Crippen molar-refractivity contribution in [3.63, 3.8) is 0 Å². The minimum Gasteiger partial charge on any atom is -0.436 e. The summed E-state index contributed by atoms with van der Waals surface area (Å²) in [5, 5.41) is 7.76. The molecule has 0 N–H and O–H groups in total. The third-order valence-corrected chi connectivity index (χ3v) is 11.0. The van der Waals surface area contributed by atoms with Crippen LogP contribution in [0.3, 0.4) is 0 Å². The highest BCUT2D eigenvalue weighted by molar-refractivity contribution is 6.30. The second-order valence-corrected chi connectivity index (χ2v) is 13.4. The zero-order chi connectivity index (χ0) is 31.8. The molecule has 0 fully saturated rings. The van der Waals surface area contributed by atoms with Crippen molar-refractivity contribution in [3.05, 3.63) is 157 Å². The number of oxazole rings is 1. The molecule has 0 unspecified atom stereocenters. The number of benzene rings is 8. The zero-order valence-electron chi connectivity index (χ0n) is 26.4. The predicted molar refractivity (Wildman–Crippen MR) is 201 cm³/mol. The molecule has 2 heterocycles. The van der Waals surface area contributed by atoms with Gasteiger partial charge in [0, 0.05) is 10.8 Å². The van der Waals surface area contributed by atoms with Crippen LogP contribution in [0.2, 0.25) is 0 Å². The summed E-state index contributed by atoms with van der Waals surface area (Å²) in [7, 11) is 0. The first-order chi connectivity index (χ1) is 24.3. The minimum atomic E-state index is 0.637. The average molecular weight is 623 g/mol.